The zero-order valence-corrected chi connectivity index (χ0v) is 9.59. The highest BCUT2D eigenvalue weighted by Gasteiger charge is 2.17. The van der Waals surface area contributed by atoms with Crippen LogP contribution in [0.2, 0.25) is 0 Å². The van der Waals surface area contributed by atoms with Gasteiger partial charge < -0.3 is 15.4 Å². The lowest BCUT2D eigenvalue weighted by Crippen LogP contribution is -2.17. The van der Waals surface area contributed by atoms with Crippen molar-refractivity contribution < 1.29 is 9.90 Å². The van der Waals surface area contributed by atoms with Crippen molar-refractivity contribution in [3.63, 3.8) is 0 Å². The molecule has 3 N–H and O–H groups in total. The highest BCUT2D eigenvalue weighted by Crippen LogP contribution is 2.14. The highest BCUT2D eigenvalue weighted by molar-refractivity contribution is 5.69. The molecular weight excluding hydrogens is 206 g/mol. The molecule has 0 radical (unpaired) electrons. The molecule has 0 spiro atoms. The molecule has 0 saturated carbocycles. The monoisotopic (exact) mass is 225 g/mol. The van der Waals surface area contributed by atoms with Gasteiger partial charge in [-0.05, 0) is 25.8 Å². The van der Waals surface area contributed by atoms with E-state index in [9.17, 15) is 4.79 Å². The first-order valence-corrected chi connectivity index (χ1v) is 5.54. The van der Waals surface area contributed by atoms with Crippen LogP contribution in [-0.4, -0.2) is 27.2 Å². The maximum absolute atomic E-state index is 11.0. The van der Waals surface area contributed by atoms with Crippen molar-refractivity contribution in [2.24, 2.45) is 18.7 Å². The molecule has 0 saturated heterocycles. The van der Waals surface area contributed by atoms with Gasteiger partial charge in [-0.1, -0.05) is 0 Å². The Labute approximate surface area is 95.3 Å². The Bertz CT molecular complexity index is 336. The lowest BCUT2D eigenvalue weighted by molar-refractivity contribution is -0.142. The summed E-state index contributed by atoms with van der Waals surface area (Å²) in [5.74, 6) is -0.109. The molecule has 5 heteroatoms. The fourth-order valence-corrected chi connectivity index (χ4v) is 1.70. The number of carboxylic acid groups (broad SMARTS) is 1. The number of nitrogens with zero attached hydrogens (tertiary/aromatic N) is 2. The molecule has 1 unspecified atom stereocenters. The molecule has 16 heavy (non-hydrogen) atoms. The average Bonchev–Trinajstić information content (AvgIpc) is 2.64. The van der Waals surface area contributed by atoms with Crippen LogP contribution in [0.1, 0.15) is 25.1 Å². The molecule has 1 atom stereocenters. The van der Waals surface area contributed by atoms with Gasteiger partial charge >= 0.3 is 5.97 Å². The highest BCUT2D eigenvalue weighted by atomic mass is 16.4. The van der Waals surface area contributed by atoms with Crippen LogP contribution in [0.4, 0.5) is 0 Å². The van der Waals surface area contributed by atoms with Crippen LogP contribution in [0, 0.1) is 5.92 Å². The van der Waals surface area contributed by atoms with Gasteiger partial charge in [0.05, 0.1) is 5.92 Å². The van der Waals surface area contributed by atoms with Crippen LogP contribution in [0.3, 0.4) is 0 Å². The number of nitrogens with two attached hydrogens (primary N) is 1. The molecule has 90 valence electrons. The fraction of sp³-hybridized carbons (Fsp3) is 0.636. The van der Waals surface area contributed by atoms with Crippen LogP contribution in [0.5, 0.6) is 0 Å². The van der Waals surface area contributed by atoms with Gasteiger partial charge in [0.1, 0.15) is 5.82 Å². The van der Waals surface area contributed by atoms with Crippen molar-refractivity contribution in [3.8, 4) is 0 Å². The molecule has 5 nitrogen and oxygen atoms in total. The quantitative estimate of drug-likeness (QED) is 0.719. The maximum atomic E-state index is 11.0. The predicted octanol–water partition coefficient (Wildman–Crippen LogP) is 0.792. The molecule has 0 amide bonds. The number of rotatable bonds is 7. The number of carbonyl (C=O) groups is 1. The first kappa shape index (κ1) is 12.7. The Morgan fingerprint density at radius 1 is 1.62 bits per heavy atom. The minimum absolute atomic E-state index is 0.305. The van der Waals surface area contributed by atoms with Crippen molar-refractivity contribution in [1.82, 2.24) is 9.55 Å². The lowest BCUT2D eigenvalue weighted by atomic mass is 9.97. The molecule has 0 aliphatic rings. The van der Waals surface area contributed by atoms with Gasteiger partial charge in [0.15, 0.2) is 0 Å². The summed E-state index contributed by atoms with van der Waals surface area (Å²) in [7, 11) is 1.91. The normalized spacial score (nSPS) is 12.6. The number of hydrogen-bond acceptors (Lipinski definition) is 3. The Kier molecular flexibility index (Phi) is 4.98. The number of aromatic nitrogens is 2. The van der Waals surface area contributed by atoms with E-state index in [0.29, 0.717) is 25.8 Å². The molecular formula is C11H19N3O2. The van der Waals surface area contributed by atoms with E-state index in [-0.39, 0.29) is 5.92 Å². The second kappa shape index (κ2) is 6.27. The van der Waals surface area contributed by atoms with E-state index in [1.54, 1.807) is 6.20 Å². The van der Waals surface area contributed by atoms with Gasteiger partial charge in [0, 0.05) is 25.9 Å². The smallest absolute Gasteiger partial charge is 0.306 e. The Balaban J connectivity index is 2.44. The van der Waals surface area contributed by atoms with E-state index < -0.39 is 5.97 Å². The Hall–Kier alpha value is -1.36. The van der Waals surface area contributed by atoms with Gasteiger partial charge in [-0.2, -0.15) is 0 Å². The summed E-state index contributed by atoms with van der Waals surface area (Å²) < 4.78 is 1.92. The van der Waals surface area contributed by atoms with Gasteiger partial charge in [0.25, 0.3) is 0 Å². The zero-order chi connectivity index (χ0) is 12.0. The van der Waals surface area contributed by atoms with Gasteiger partial charge in [-0.3, -0.25) is 4.79 Å². The van der Waals surface area contributed by atoms with E-state index in [4.69, 9.17) is 10.8 Å². The van der Waals surface area contributed by atoms with Crippen molar-refractivity contribution in [2.75, 3.05) is 6.54 Å². The standard InChI is InChI=1S/C11H19N3O2/c1-14-8-7-13-10(14)5-4-9(11(15)16)3-2-6-12/h7-9H,2-6,12H2,1H3,(H,15,16). The third-order valence-electron chi connectivity index (χ3n) is 2.74. The first-order chi connectivity index (χ1) is 7.65. The summed E-state index contributed by atoms with van der Waals surface area (Å²) >= 11 is 0. The predicted molar refractivity (Wildman–Crippen MR) is 60.9 cm³/mol. The SMILES string of the molecule is Cn1ccnc1CCC(CCCN)C(=O)O. The summed E-state index contributed by atoms with van der Waals surface area (Å²) in [5.41, 5.74) is 5.38. The Morgan fingerprint density at radius 3 is 2.88 bits per heavy atom. The third-order valence-corrected chi connectivity index (χ3v) is 2.74. The zero-order valence-electron chi connectivity index (χ0n) is 9.59. The van der Waals surface area contributed by atoms with Crippen molar-refractivity contribution in [2.45, 2.75) is 25.7 Å². The van der Waals surface area contributed by atoms with Gasteiger partial charge in [-0.15, -0.1) is 0 Å². The van der Waals surface area contributed by atoms with Crippen molar-refractivity contribution >= 4 is 5.97 Å². The summed E-state index contributed by atoms with van der Waals surface area (Å²) in [6, 6.07) is 0. The minimum Gasteiger partial charge on any atom is -0.481 e. The summed E-state index contributed by atoms with van der Waals surface area (Å²) in [6.45, 7) is 0.548. The van der Waals surface area contributed by atoms with Gasteiger partial charge in [-0.25, -0.2) is 4.98 Å². The first-order valence-electron chi connectivity index (χ1n) is 5.54. The number of aryl methyl sites for hydroxylation is 2. The average molecular weight is 225 g/mol. The molecule has 0 bridgehead atoms. The third kappa shape index (κ3) is 3.66. The second-order valence-electron chi connectivity index (χ2n) is 3.96. The van der Waals surface area contributed by atoms with Crippen LogP contribution in [0.15, 0.2) is 12.4 Å². The molecule has 0 aliphatic carbocycles. The van der Waals surface area contributed by atoms with Crippen molar-refractivity contribution in [3.05, 3.63) is 18.2 Å². The van der Waals surface area contributed by atoms with Crippen LogP contribution in [0.25, 0.3) is 0 Å². The maximum Gasteiger partial charge on any atom is 0.306 e. The van der Waals surface area contributed by atoms with Gasteiger partial charge in [0.2, 0.25) is 0 Å². The molecule has 0 aliphatic heterocycles. The van der Waals surface area contributed by atoms with E-state index in [1.807, 2.05) is 17.8 Å². The minimum atomic E-state index is -0.734. The lowest BCUT2D eigenvalue weighted by Gasteiger charge is -2.11. The Morgan fingerprint density at radius 2 is 2.38 bits per heavy atom. The summed E-state index contributed by atoms with van der Waals surface area (Å²) in [5, 5.41) is 9.03. The summed E-state index contributed by atoms with van der Waals surface area (Å²) in [6.07, 6.45) is 6.33. The molecule has 1 heterocycles. The van der Waals surface area contributed by atoms with Crippen LogP contribution < -0.4 is 5.73 Å². The molecule has 1 aromatic rings. The number of imidazole rings is 1. The molecule has 1 rings (SSSR count). The van der Waals surface area contributed by atoms with E-state index in [0.717, 1.165) is 12.2 Å². The van der Waals surface area contributed by atoms with Crippen LogP contribution >= 0.6 is 0 Å². The van der Waals surface area contributed by atoms with E-state index >= 15 is 0 Å². The van der Waals surface area contributed by atoms with E-state index in [2.05, 4.69) is 4.98 Å². The molecule has 0 aromatic carbocycles. The number of aliphatic carboxylic acids is 1. The number of carboxylic acids is 1. The molecule has 1 aromatic heterocycles. The van der Waals surface area contributed by atoms with Crippen molar-refractivity contribution in [1.29, 1.82) is 0 Å². The van der Waals surface area contributed by atoms with Crippen LogP contribution in [-0.2, 0) is 18.3 Å². The van der Waals surface area contributed by atoms with E-state index in [1.165, 1.54) is 0 Å². The largest absolute Gasteiger partial charge is 0.481 e. The second-order valence-corrected chi connectivity index (χ2v) is 3.96. The fourth-order valence-electron chi connectivity index (χ4n) is 1.70. The number of hydrogen-bond donors (Lipinski definition) is 2. The topological polar surface area (TPSA) is 81.1 Å². The molecule has 0 fully saturated rings. The summed E-state index contributed by atoms with van der Waals surface area (Å²) in [4.78, 5) is 15.2.